The zero-order valence-corrected chi connectivity index (χ0v) is 10.9. The molecule has 18 heavy (non-hydrogen) atoms. The number of ether oxygens (including phenoxy) is 1. The molecule has 0 fully saturated rings. The molecule has 1 aromatic heterocycles. The standard InChI is InChI=1S/C14H15NO3/c1-8-5-9(2)13(10(3)6-8)11-7-12(18-15-11)14(16)17-4/h5-7H,1-4H3. The van der Waals surface area contributed by atoms with E-state index in [9.17, 15) is 4.79 Å². The number of hydrogen-bond donors (Lipinski definition) is 0. The minimum absolute atomic E-state index is 0.117. The summed E-state index contributed by atoms with van der Waals surface area (Å²) in [4.78, 5) is 11.3. The Hall–Kier alpha value is -2.10. The first-order valence-corrected chi connectivity index (χ1v) is 5.66. The van der Waals surface area contributed by atoms with Crippen molar-refractivity contribution in [2.24, 2.45) is 0 Å². The maximum absolute atomic E-state index is 11.3. The maximum atomic E-state index is 11.3. The SMILES string of the molecule is COC(=O)c1cc(-c2c(C)cc(C)cc2C)no1. The van der Waals surface area contributed by atoms with E-state index in [0.717, 1.165) is 16.7 Å². The zero-order chi connectivity index (χ0) is 13.3. The fourth-order valence-corrected chi connectivity index (χ4v) is 2.17. The van der Waals surface area contributed by atoms with Crippen LogP contribution in [0, 0.1) is 20.8 Å². The van der Waals surface area contributed by atoms with Gasteiger partial charge >= 0.3 is 5.97 Å². The van der Waals surface area contributed by atoms with E-state index in [2.05, 4.69) is 22.0 Å². The Labute approximate surface area is 106 Å². The lowest BCUT2D eigenvalue weighted by Gasteiger charge is -2.07. The highest BCUT2D eigenvalue weighted by atomic mass is 16.5. The summed E-state index contributed by atoms with van der Waals surface area (Å²) in [5, 5.41) is 3.93. The van der Waals surface area contributed by atoms with Crippen LogP contribution in [0.4, 0.5) is 0 Å². The Balaban J connectivity index is 2.49. The van der Waals surface area contributed by atoms with Gasteiger partial charge in [-0.15, -0.1) is 0 Å². The van der Waals surface area contributed by atoms with Crippen LogP contribution in [0.2, 0.25) is 0 Å². The van der Waals surface area contributed by atoms with Crippen LogP contribution >= 0.6 is 0 Å². The smallest absolute Gasteiger partial charge is 0.376 e. The number of aryl methyl sites for hydroxylation is 3. The number of aromatic nitrogens is 1. The van der Waals surface area contributed by atoms with E-state index in [-0.39, 0.29) is 5.76 Å². The van der Waals surface area contributed by atoms with Gasteiger partial charge in [-0.05, 0) is 31.9 Å². The molecule has 0 aliphatic rings. The average molecular weight is 245 g/mol. The minimum Gasteiger partial charge on any atom is -0.463 e. The second-order valence-electron chi connectivity index (χ2n) is 4.34. The molecule has 2 aromatic rings. The number of carbonyl (C=O) groups excluding carboxylic acids is 1. The van der Waals surface area contributed by atoms with E-state index in [0.29, 0.717) is 5.69 Å². The van der Waals surface area contributed by atoms with Crippen LogP contribution in [0.1, 0.15) is 27.2 Å². The Morgan fingerprint density at radius 1 is 1.17 bits per heavy atom. The highest BCUT2D eigenvalue weighted by Crippen LogP contribution is 2.28. The molecule has 0 saturated carbocycles. The third-order valence-electron chi connectivity index (χ3n) is 2.83. The van der Waals surface area contributed by atoms with Crippen LogP contribution in [0.5, 0.6) is 0 Å². The molecule has 0 spiro atoms. The molecular formula is C14H15NO3. The predicted molar refractivity (Wildman–Crippen MR) is 67.5 cm³/mol. The molecule has 0 aliphatic carbocycles. The second kappa shape index (κ2) is 4.64. The van der Waals surface area contributed by atoms with E-state index >= 15 is 0 Å². The van der Waals surface area contributed by atoms with Gasteiger partial charge in [0.15, 0.2) is 0 Å². The van der Waals surface area contributed by atoms with Gasteiger partial charge in [0, 0.05) is 11.6 Å². The molecular weight excluding hydrogens is 230 g/mol. The van der Waals surface area contributed by atoms with E-state index < -0.39 is 5.97 Å². The Morgan fingerprint density at radius 2 is 1.78 bits per heavy atom. The van der Waals surface area contributed by atoms with Crippen molar-refractivity contribution in [3.8, 4) is 11.3 Å². The molecule has 2 rings (SSSR count). The van der Waals surface area contributed by atoms with Crippen molar-refractivity contribution in [1.82, 2.24) is 5.16 Å². The minimum atomic E-state index is -0.517. The van der Waals surface area contributed by atoms with Crippen LogP contribution < -0.4 is 0 Å². The number of esters is 1. The zero-order valence-electron chi connectivity index (χ0n) is 10.9. The molecule has 0 amide bonds. The lowest BCUT2D eigenvalue weighted by molar-refractivity contribution is 0.0554. The summed E-state index contributed by atoms with van der Waals surface area (Å²) in [5.41, 5.74) is 5.07. The third kappa shape index (κ3) is 2.14. The highest BCUT2D eigenvalue weighted by Gasteiger charge is 2.16. The number of methoxy groups -OCH3 is 1. The normalized spacial score (nSPS) is 10.4. The summed E-state index contributed by atoms with van der Waals surface area (Å²) in [6.45, 7) is 6.08. The molecule has 1 aromatic carbocycles. The van der Waals surface area contributed by atoms with Gasteiger partial charge in [-0.3, -0.25) is 0 Å². The van der Waals surface area contributed by atoms with Gasteiger partial charge in [-0.1, -0.05) is 22.9 Å². The molecule has 0 N–H and O–H groups in total. The maximum Gasteiger partial charge on any atom is 0.376 e. The van der Waals surface area contributed by atoms with Gasteiger partial charge in [-0.25, -0.2) is 4.79 Å². The van der Waals surface area contributed by atoms with E-state index in [1.807, 2.05) is 20.8 Å². The van der Waals surface area contributed by atoms with Crippen molar-refractivity contribution < 1.29 is 14.1 Å². The van der Waals surface area contributed by atoms with Crippen molar-refractivity contribution in [3.63, 3.8) is 0 Å². The lowest BCUT2D eigenvalue weighted by Crippen LogP contribution is -1.98. The summed E-state index contributed by atoms with van der Waals surface area (Å²) in [6, 6.07) is 5.76. The summed E-state index contributed by atoms with van der Waals surface area (Å²) >= 11 is 0. The molecule has 1 heterocycles. The Kier molecular flexibility index (Phi) is 3.19. The summed E-state index contributed by atoms with van der Waals surface area (Å²) in [7, 11) is 1.31. The Bertz CT molecular complexity index is 576. The molecule has 0 aliphatic heterocycles. The second-order valence-corrected chi connectivity index (χ2v) is 4.34. The average Bonchev–Trinajstić information content (AvgIpc) is 2.76. The fourth-order valence-electron chi connectivity index (χ4n) is 2.17. The van der Waals surface area contributed by atoms with E-state index in [1.165, 1.54) is 12.7 Å². The molecule has 4 heteroatoms. The number of hydrogen-bond acceptors (Lipinski definition) is 4. The van der Waals surface area contributed by atoms with Crippen molar-refractivity contribution >= 4 is 5.97 Å². The van der Waals surface area contributed by atoms with Crippen LogP contribution in [0.25, 0.3) is 11.3 Å². The molecule has 0 saturated heterocycles. The molecule has 0 radical (unpaired) electrons. The first-order chi connectivity index (χ1) is 8.52. The summed E-state index contributed by atoms with van der Waals surface area (Å²) in [6.07, 6.45) is 0. The van der Waals surface area contributed by atoms with Crippen molar-refractivity contribution in [3.05, 3.63) is 40.6 Å². The van der Waals surface area contributed by atoms with Gasteiger partial charge in [0.25, 0.3) is 0 Å². The third-order valence-corrected chi connectivity index (χ3v) is 2.83. The van der Waals surface area contributed by atoms with Crippen LogP contribution in [-0.2, 0) is 4.74 Å². The highest BCUT2D eigenvalue weighted by molar-refractivity contribution is 5.87. The van der Waals surface area contributed by atoms with Crippen LogP contribution in [0.15, 0.2) is 22.7 Å². The van der Waals surface area contributed by atoms with Crippen molar-refractivity contribution in [2.75, 3.05) is 7.11 Å². The van der Waals surface area contributed by atoms with Gasteiger partial charge in [0.2, 0.25) is 5.76 Å². The first kappa shape index (κ1) is 12.4. The van der Waals surface area contributed by atoms with Crippen LogP contribution in [0.3, 0.4) is 0 Å². The number of nitrogens with zero attached hydrogens (tertiary/aromatic N) is 1. The number of carbonyl (C=O) groups is 1. The van der Waals surface area contributed by atoms with Crippen molar-refractivity contribution in [1.29, 1.82) is 0 Å². The predicted octanol–water partition coefficient (Wildman–Crippen LogP) is 3.05. The fraction of sp³-hybridized carbons (Fsp3) is 0.286. The molecule has 4 nitrogen and oxygen atoms in total. The summed E-state index contributed by atoms with van der Waals surface area (Å²) < 4.78 is 9.58. The molecule has 0 bridgehead atoms. The topological polar surface area (TPSA) is 52.3 Å². The first-order valence-electron chi connectivity index (χ1n) is 5.66. The number of rotatable bonds is 2. The summed E-state index contributed by atoms with van der Waals surface area (Å²) in [5.74, 6) is -0.400. The largest absolute Gasteiger partial charge is 0.463 e. The number of benzene rings is 1. The van der Waals surface area contributed by atoms with E-state index in [1.54, 1.807) is 6.07 Å². The van der Waals surface area contributed by atoms with Gasteiger partial charge in [0.1, 0.15) is 5.69 Å². The molecule has 94 valence electrons. The lowest BCUT2D eigenvalue weighted by atomic mass is 9.97. The monoisotopic (exact) mass is 245 g/mol. The quantitative estimate of drug-likeness (QED) is 0.763. The van der Waals surface area contributed by atoms with Gasteiger partial charge in [0.05, 0.1) is 7.11 Å². The molecule has 0 unspecified atom stereocenters. The van der Waals surface area contributed by atoms with Gasteiger partial charge in [-0.2, -0.15) is 0 Å². The Morgan fingerprint density at radius 3 is 2.33 bits per heavy atom. The molecule has 0 atom stereocenters. The van der Waals surface area contributed by atoms with Gasteiger partial charge < -0.3 is 9.26 Å². The van der Waals surface area contributed by atoms with Crippen LogP contribution in [-0.4, -0.2) is 18.2 Å². The van der Waals surface area contributed by atoms with Crippen molar-refractivity contribution in [2.45, 2.75) is 20.8 Å². The van der Waals surface area contributed by atoms with E-state index in [4.69, 9.17) is 4.52 Å².